The van der Waals surface area contributed by atoms with Crippen LogP contribution in [0.25, 0.3) is 21.9 Å². The molecule has 3 aromatic carbocycles. The van der Waals surface area contributed by atoms with Gasteiger partial charge < -0.3 is 4.90 Å². The summed E-state index contributed by atoms with van der Waals surface area (Å²) < 4.78 is 15.7. The first-order valence-corrected chi connectivity index (χ1v) is 12.4. The fraction of sp³-hybridized carbons (Fsp3) is 0.0769. The van der Waals surface area contributed by atoms with Gasteiger partial charge in [-0.1, -0.05) is 69.2 Å². The standard InChI is InChI=1S/C26H16BrFN4O2S/c1-14-2-6-16(7-3-14)23-29-26-32(30-23)25(34)22(35-26)21-19-12-17(27)8-11-20(19)31(24(21)33)13-15-4-9-18(28)10-5-15/h2-12H,13H2,1H3. The molecular weight excluding hydrogens is 531 g/mol. The van der Waals surface area contributed by atoms with E-state index in [-0.39, 0.29) is 23.8 Å². The van der Waals surface area contributed by atoms with Crippen LogP contribution in [-0.2, 0) is 11.3 Å². The number of hydrogen-bond donors (Lipinski definition) is 0. The maximum atomic E-state index is 13.6. The molecule has 5 aromatic rings. The number of carbonyl (C=O) groups excluding carboxylic acids is 1. The fourth-order valence-corrected chi connectivity index (χ4v) is 5.52. The first-order valence-electron chi connectivity index (χ1n) is 10.8. The molecular formula is C26H16BrFN4O2S. The number of fused-ring (bicyclic) bond motifs is 2. The summed E-state index contributed by atoms with van der Waals surface area (Å²) in [6.45, 7) is 2.25. The highest BCUT2D eigenvalue weighted by atomic mass is 79.9. The molecule has 0 atom stereocenters. The lowest BCUT2D eigenvalue weighted by Crippen LogP contribution is -2.32. The topological polar surface area (TPSA) is 67.6 Å². The van der Waals surface area contributed by atoms with Gasteiger partial charge in [0.05, 0.1) is 17.8 Å². The number of hydrogen-bond acceptors (Lipinski definition) is 5. The molecule has 0 saturated heterocycles. The van der Waals surface area contributed by atoms with Gasteiger partial charge in [-0.2, -0.15) is 9.50 Å². The second kappa shape index (κ2) is 8.21. The number of rotatable bonds is 3. The number of carbonyl (C=O) groups is 1. The normalized spacial score (nSPS) is 14.7. The van der Waals surface area contributed by atoms with Crippen LogP contribution in [0.15, 0.2) is 76.0 Å². The predicted molar refractivity (Wildman–Crippen MR) is 137 cm³/mol. The number of amides is 1. The largest absolute Gasteiger partial charge is 0.303 e. The predicted octanol–water partition coefficient (Wildman–Crippen LogP) is 4.49. The van der Waals surface area contributed by atoms with E-state index in [1.165, 1.54) is 16.6 Å². The van der Waals surface area contributed by atoms with Crippen molar-refractivity contribution in [1.82, 2.24) is 14.6 Å². The van der Waals surface area contributed by atoms with Crippen LogP contribution in [0.5, 0.6) is 0 Å². The third-order valence-corrected chi connectivity index (χ3v) is 7.45. The quantitative estimate of drug-likeness (QED) is 0.334. The summed E-state index contributed by atoms with van der Waals surface area (Å²) >= 11 is 4.63. The Balaban J connectivity index is 1.50. The van der Waals surface area contributed by atoms with Crippen molar-refractivity contribution in [2.75, 3.05) is 4.90 Å². The Bertz CT molecular complexity index is 1740. The van der Waals surface area contributed by atoms with Gasteiger partial charge in [-0.3, -0.25) is 9.59 Å². The summed E-state index contributed by atoms with van der Waals surface area (Å²) in [4.78, 5) is 33.6. The zero-order valence-electron chi connectivity index (χ0n) is 18.3. The molecule has 1 aliphatic heterocycles. The van der Waals surface area contributed by atoms with Gasteiger partial charge in [-0.05, 0) is 42.8 Å². The summed E-state index contributed by atoms with van der Waals surface area (Å²) in [6, 6.07) is 19.3. The molecule has 0 bridgehead atoms. The molecule has 2 aromatic heterocycles. The Morgan fingerprint density at radius 3 is 2.46 bits per heavy atom. The fourth-order valence-electron chi connectivity index (χ4n) is 4.16. The summed E-state index contributed by atoms with van der Waals surface area (Å²) in [5.41, 5.74) is 4.01. The lowest BCUT2D eigenvalue weighted by Gasteiger charge is -2.17. The maximum absolute atomic E-state index is 13.6. The Morgan fingerprint density at radius 2 is 1.74 bits per heavy atom. The van der Waals surface area contributed by atoms with E-state index in [1.54, 1.807) is 17.0 Å². The molecule has 0 spiro atoms. The lowest BCUT2D eigenvalue weighted by atomic mass is 10.1. The molecule has 3 heterocycles. The van der Waals surface area contributed by atoms with Crippen molar-refractivity contribution in [2.24, 2.45) is 0 Å². The van der Waals surface area contributed by atoms with Crippen molar-refractivity contribution in [2.45, 2.75) is 13.5 Å². The van der Waals surface area contributed by atoms with Gasteiger partial charge >= 0.3 is 0 Å². The molecule has 172 valence electrons. The van der Waals surface area contributed by atoms with E-state index in [2.05, 4.69) is 26.0 Å². The molecule has 0 N–H and O–H groups in total. The molecule has 1 aliphatic rings. The number of aryl methyl sites for hydroxylation is 1. The molecule has 0 radical (unpaired) electrons. The third-order valence-electron chi connectivity index (χ3n) is 5.93. The van der Waals surface area contributed by atoms with Crippen LogP contribution in [0, 0.1) is 12.7 Å². The van der Waals surface area contributed by atoms with Crippen LogP contribution in [-0.4, -0.2) is 20.5 Å². The van der Waals surface area contributed by atoms with Crippen LogP contribution in [0.3, 0.4) is 0 Å². The average molecular weight is 547 g/mol. The molecule has 0 aliphatic carbocycles. The first kappa shape index (κ1) is 21.8. The SMILES string of the molecule is Cc1ccc(-c2nc3sc(=C4C(=O)N(Cc5ccc(F)cc5)c5ccc(Br)cc54)c(=O)n3n2)cc1. The van der Waals surface area contributed by atoms with Gasteiger partial charge in [0.15, 0.2) is 5.82 Å². The lowest BCUT2D eigenvalue weighted by molar-refractivity contribution is -0.113. The highest BCUT2D eigenvalue weighted by Crippen LogP contribution is 2.38. The van der Waals surface area contributed by atoms with E-state index in [1.807, 2.05) is 49.4 Å². The van der Waals surface area contributed by atoms with Crippen molar-refractivity contribution in [3.8, 4) is 11.4 Å². The average Bonchev–Trinajstić information content (AvgIpc) is 3.47. The molecule has 6 rings (SSSR count). The molecule has 9 heteroatoms. The van der Waals surface area contributed by atoms with Crippen LogP contribution in [0.4, 0.5) is 10.1 Å². The maximum Gasteiger partial charge on any atom is 0.291 e. The minimum atomic E-state index is -0.381. The zero-order valence-corrected chi connectivity index (χ0v) is 20.7. The highest BCUT2D eigenvalue weighted by Gasteiger charge is 2.34. The van der Waals surface area contributed by atoms with Crippen molar-refractivity contribution in [3.05, 3.63) is 109 Å². The number of nitrogens with zero attached hydrogens (tertiary/aromatic N) is 4. The van der Waals surface area contributed by atoms with Crippen molar-refractivity contribution in [3.63, 3.8) is 0 Å². The smallest absolute Gasteiger partial charge is 0.291 e. The Morgan fingerprint density at radius 1 is 1.00 bits per heavy atom. The van der Waals surface area contributed by atoms with E-state index in [4.69, 9.17) is 0 Å². The first-order chi connectivity index (χ1) is 16.9. The second-order valence-electron chi connectivity index (χ2n) is 8.29. The minimum Gasteiger partial charge on any atom is -0.303 e. The van der Waals surface area contributed by atoms with Gasteiger partial charge in [0.25, 0.3) is 11.5 Å². The van der Waals surface area contributed by atoms with Gasteiger partial charge in [-0.15, -0.1) is 5.10 Å². The van der Waals surface area contributed by atoms with Crippen LogP contribution >= 0.6 is 27.3 Å². The summed E-state index contributed by atoms with van der Waals surface area (Å²) in [7, 11) is 0. The number of thiazole rings is 1. The number of anilines is 1. The molecule has 0 fully saturated rings. The van der Waals surface area contributed by atoms with E-state index in [0.717, 1.165) is 32.5 Å². The van der Waals surface area contributed by atoms with Crippen LogP contribution in [0.1, 0.15) is 16.7 Å². The van der Waals surface area contributed by atoms with Crippen LogP contribution < -0.4 is 15.0 Å². The van der Waals surface area contributed by atoms with Crippen LogP contribution in [0.2, 0.25) is 0 Å². The highest BCUT2D eigenvalue weighted by molar-refractivity contribution is 9.10. The molecule has 0 saturated carbocycles. The van der Waals surface area contributed by atoms with E-state index >= 15 is 0 Å². The van der Waals surface area contributed by atoms with Crippen molar-refractivity contribution < 1.29 is 9.18 Å². The minimum absolute atomic E-state index is 0.254. The zero-order chi connectivity index (χ0) is 24.3. The second-order valence-corrected chi connectivity index (χ2v) is 10.2. The van der Waals surface area contributed by atoms with E-state index in [9.17, 15) is 14.0 Å². The van der Waals surface area contributed by atoms with Gasteiger partial charge in [0.2, 0.25) is 4.96 Å². The summed E-state index contributed by atoms with van der Waals surface area (Å²) in [5, 5.41) is 4.42. The monoisotopic (exact) mass is 546 g/mol. The number of aromatic nitrogens is 3. The van der Waals surface area contributed by atoms with E-state index < -0.39 is 0 Å². The van der Waals surface area contributed by atoms with Gasteiger partial charge in [-0.25, -0.2) is 4.39 Å². The summed E-state index contributed by atoms with van der Waals surface area (Å²) in [5.74, 6) is -0.167. The van der Waals surface area contributed by atoms with E-state index in [0.29, 0.717) is 32.1 Å². The van der Waals surface area contributed by atoms with Gasteiger partial charge in [0, 0.05) is 15.6 Å². The van der Waals surface area contributed by atoms with Crippen molar-refractivity contribution in [1.29, 1.82) is 0 Å². The Labute approximate surface area is 211 Å². The Kier molecular flexibility index (Phi) is 5.12. The van der Waals surface area contributed by atoms with Crippen molar-refractivity contribution >= 4 is 49.4 Å². The molecule has 1 amide bonds. The third kappa shape index (κ3) is 3.67. The molecule has 35 heavy (non-hydrogen) atoms. The molecule has 6 nitrogen and oxygen atoms in total. The summed E-state index contributed by atoms with van der Waals surface area (Å²) in [6.07, 6.45) is 0. The molecule has 0 unspecified atom stereocenters. The van der Waals surface area contributed by atoms with Gasteiger partial charge in [0.1, 0.15) is 10.3 Å². The Hall–Kier alpha value is -3.69. The number of benzene rings is 3. The number of halogens is 2.